The summed E-state index contributed by atoms with van der Waals surface area (Å²) in [6.07, 6.45) is -4.81. The molecule has 0 bridgehead atoms. The molecule has 3 N–H and O–H groups in total. The average Bonchev–Trinajstić information content (AvgIpc) is 2.71. The van der Waals surface area contributed by atoms with Crippen LogP contribution in [0.2, 0.25) is 5.02 Å². The van der Waals surface area contributed by atoms with Crippen molar-refractivity contribution in [2.24, 2.45) is 17.1 Å². The van der Waals surface area contributed by atoms with Gasteiger partial charge in [-0.2, -0.15) is 13.2 Å². The Balaban J connectivity index is 2.21. The Kier molecular flexibility index (Phi) is 8.14. The molecular formula is C23H33ClF3N3O3. The molecule has 0 saturated carbocycles. The van der Waals surface area contributed by atoms with E-state index < -0.39 is 41.1 Å². The first-order valence-electron chi connectivity index (χ1n) is 10.9. The number of amides is 2. The zero-order valence-electron chi connectivity index (χ0n) is 19.6. The van der Waals surface area contributed by atoms with Crippen LogP contribution in [0.15, 0.2) is 24.3 Å². The van der Waals surface area contributed by atoms with E-state index in [0.717, 1.165) is 0 Å². The monoisotopic (exact) mass is 491 g/mol. The summed E-state index contributed by atoms with van der Waals surface area (Å²) < 4.78 is 39.4. The molecule has 0 aromatic heterocycles. The molecule has 1 fully saturated rings. The third-order valence-corrected chi connectivity index (χ3v) is 6.93. The highest BCUT2D eigenvalue weighted by Gasteiger charge is 2.51. The second-order valence-electron chi connectivity index (χ2n) is 9.72. The number of rotatable bonds is 6. The number of carbonyl (C=O) groups is 2. The van der Waals surface area contributed by atoms with Crippen LogP contribution in [0, 0.1) is 11.3 Å². The molecule has 1 heterocycles. The predicted molar refractivity (Wildman–Crippen MR) is 120 cm³/mol. The average molecular weight is 492 g/mol. The van der Waals surface area contributed by atoms with E-state index in [1.165, 1.54) is 20.8 Å². The second-order valence-corrected chi connectivity index (χ2v) is 10.2. The summed E-state index contributed by atoms with van der Waals surface area (Å²) in [5.41, 5.74) is 4.40. The van der Waals surface area contributed by atoms with Crippen LogP contribution in [0.4, 0.5) is 13.2 Å². The molecular weight excluding hydrogens is 459 g/mol. The Morgan fingerprint density at radius 3 is 2.21 bits per heavy atom. The quantitative estimate of drug-likeness (QED) is 0.637. The van der Waals surface area contributed by atoms with Crippen molar-refractivity contribution in [2.45, 2.75) is 64.9 Å². The van der Waals surface area contributed by atoms with Gasteiger partial charge in [0.25, 0.3) is 0 Å². The molecule has 4 atom stereocenters. The fourth-order valence-corrected chi connectivity index (χ4v) is 4.57. The predicted octanol–water partition coefficient (Wildman–Crippen LogP) is 3.55. The number of nitrogens with two attached hydrogens (primary N) is 1. The topological polar surface area (TPSA) is 86.9 Å². The lowest BCUT2D eigenvalue weighted by atomic mass is 9.66. The highest BCUT2D eigenvalue weighted by Crippen LogP contribution is 2.46. The largest absolute Gasteiger partial charge is 0.471 e. The van der Waals surface area contributed by atoms with Crippen molar-refractivity contribution in [3.8, 4) is 0 Å². The fourth-order valence-electron chi connectivity index (χ4n) is 4.44. The first kappa shape index (κ1) is 27.4. The van der Waals surface area contributed by atoms with E-state index in [2.05, 4.69) is 0 Å². The minimum atomic E-state index is -5.06. The van der Waals surface area contributed by atoms with E-state index >= 15 is 0 Å². The Labute approximate surface area is 197 Å². The third kappa shape index (κ3) is 5.81. The van der Waals surface area contributed by atoms with Crippen LogP contribution in [0.3, 0.4) is 0 Å². The molecule has 1 saturated heterocycles. The van der Waals surface area contributed by atoms with Gasteiger partial charge in [0.15, 0.2) is 0 Å². The molecule has 1 aromatic carbocycles. The van der Waals surface area contributed by atoms with Crippen molar-refractivity contribution in [1.82, 2.24) is 9.80 Å². The SMILES string of the molecule is CC([C@@H](C)C(=O)N1CC[C@](O)(c2ccc(Cl)cc2)C(C)(C)C1)N(C[C@H](C)N)C(=O)C(F)(F)F. The van der Waals surface area contributed by atoms with Crippen molar-refractivity contribution < 1.29 is 27.9 Å². The van der Waals surface area contributed by atoms with Crippen LogP contribution in [0.25, 0.3) is 0 Å². The van der Waals surface area contributed by atoms with Gasteiger partial charge in [0.05, 0.1) is 11.5 Å². The van der Waals surface area contributed by atoms with E-state index in [1.807, 2.05) is 13.8 Å². The molecule has 1 aromatic rings. The Hall–Kier alpha value is -1.84. The van der Waals surface area contributed by atoms with E-state index in [4.69, 9.17) is 17.3 Å². The number of halogens is 4. The lowest BCUT2D eigenvalue weighted by Crippen LogP contribution is -2.59. The number of aliphatic hydroxyl groups is 1. The maximum atomic E-state index is 13.3. The summed E-state index contributed by atoms with van der Waals surface area (Å²) in [7, 11) is 0. The summed E-state index contributed by atoms with van der Waals surface area (Å²) >= 11 is 5.96. The van der Waals surface area contributed by atoms with Crippen LogP contribution in [-0.4, -0.2) is 64.6 Å². The summed E-state index contributed by atoms with van der Waals surface area (Å²) in [4.78, 5) is 27.4. The van der Waals surface area contributed by atoms with Gasteiger partial charge in [-0.1, -0.05) is 44.5 Å². The molecule has 33 heavy (non-hydrogen) atoms. The molecule has 0 spiro atoms. The van der Waals surface area contributed by atoms with Gasteiger partial charge in [0.1, 0.15) is 0 Å². The first-order valence-corrected chi connectivity index (χ1v) is 11.3. The van der Waals surface area contributed by atoms with Gasteiger partial charge in [-0.05, 0) is 38.0 Å². The third-order valence-electron chi connectivity index (χ3n) is 6.68. The van der Waals surface area contributed by atoms with Gasteiger partial charge in [-0.25, -0.2) is 0 Å². The van der Waals surface area contributed by atoms with Crippen molar-refractivity contribution in [3.63, 3.8) is 0 Å². The minimum absolute atomic E-state index is 0.197. The number of piperidine rings is 1. The van der Waals surface area contributed by atoms with Crippen molar-refractivity contribution in [3.05, 3.63) is 34.9 Å². The Bertz CT molecular complexity index is 861. The van der Waals surface area contributed by atoms with E-state index in [1.54, 1.807) is 29.2 Å². The number of carbonyl (C=O) groups excluding carboxylic acids is 2. The van der Waals surface area contributed by atoms with Crippen molar-refractivity contribution >= 4 is 23.4 Å². The van der Waals surface area contributed by atoms with Crippen LogP contribution in [-0.2, 0) is 15.2 Å². The number of benzene rings is 1. The molecule has 0 radical (unpaired) electrons. The number of likely N-dealkylation sites (tertiary alicyclic amines) is 1. The Morgan fingerprint density at radius 2 is 1.76 bits per heavy atom. The van der Waals surface area contributed by atoms with Gasteiger partial charge in [-0.3, -0.25) is 9.59 Å². The molecule has 2 rings (SSSR count). The van der Waals surface area contributed by atoms with Gasteiger partial charge in [0, 0.05) is 42.2 Å². The number of nitrogens with zero attached hydrogens (tertiary/aromatic N) is 2. The summed E-state index contributed by atoms with van der Waals surface area (Å²) in [5, 5.41) is 12.0. The number of hydrogen-bond donors (Lipinski definition) is 2. The molecule has 1 unspecified atom stereocenters. The fraction of sp³-hybridized carbons (Fsp3) is 0.652. The van der Waals surface area contributed by atoms with E-state index in [9.17, 15) is 27.9 Å². The lowest BCUT2D eigenvalue weighted by Gasteiger charge is -2.51. The van der Waals surface area contributed by atoms with Crippen LogP contribution < -0.4 is 5.73 Å². The minimum Gasteiger partial charge on any atom is -0.384 e. The number of alkyl halides is 3. The summed E-state index contributed by atoms with van der Waals surface area (Å²) in [6.45, 7) is 8.21. The summed E-state index contributed by atoms with van der Waals surface area (Å²) in [5.74, 6) is -3.28. The first-order chi connectivity index (χ1) is 15.0. The van der Waals surface area contributed by atoms with Crippen LogP contribution >= 0.6 is 11.6 Å². The normalized spacial score (nSPS) is 23.5. The Morgan fingerprint density at radius 1 is 1.21 bits per heavy atom. The van der Waals surface area contributed by atoms with Crippen molar-refractivity contribution in [2.75, 3.05) is 19.6 Å². The molecule has 0 aliphatic carbocycles. The zero-order valence-corrected chi connectivity index (χ0v) is 20.4. The number of hydrogen-bond acceptors (Lipinski definition) is 4. The zero-order chi connectivity index (χ0) is 25.4. The lowest BCUT2D eigenvalue weighted by molar-refractivity contribution is -0.189. The van der Waals surface area contributed by atoms with E-state index in [0.29, 0.717) is 15.5 Å². The molecule has 10 heteroatoms. The van der Waals surface area contributed by atoms with Crippen LogP contribution in [0.5, 0.6) is 0 Å². The molecule has 1 aliphatic heterocycles. The standard InChI is InChI=1S/C23H33ClF3N3O3/c1-14(28)12-30(20(32)23(25,26)27)16(3)15(2)19(31)29-11-10-22(33,21(4,5)13-29)17-6-8-18(24)9-7-17/h6-9,14-16,33H,10-13,28H2,1-5H3/t14-,15+,16?,22-/m0/s1. The van der Waals surface area contributed by atoms with Gasteiger partial charge >= 0.3 is 12.1 Å². The van der Waals surface area contributed by atoms with Gasteiger partial charge in [0.2, 0.25) is 5.91 Å². The van der Waals surface area contributed by atoms with E-state index in [-0.39, 0.29) is 32.0 Å². The maximum absolute atomic E-state index is 13.3. The summed E-state index contributed by atoms with van der Waals surface area (Å²) in [6, 6.07) is 5.18. The smallest absolute Gasteiger partial charge is 0.384 e. The molecule has 186 valence electrons. The second kappa shape index (κ2) is 9.80. The highest BCUT2D eigenvalue weighted by atomic mass is 35.5. The molecule has 6 nitrogen and oxygen atoms in total. The van der Waals surface area contributed by atoms with Crippen LogP contribution in [0.1, 0.15) is 46.6 Å². The molecule has 1 aliphatic rings. The molecule has 2 amide bonds. The van der Waals surface area contributed by atoms with Gasteiger partial charge < -0.3 is 20.6 Å². The maximum Gasteiger partial charge on any atom is 0.471 e. The van der Waals surface area contributed by atoms with Crippen molar-refractivity contribution in [1.29, 1.82) is 0 Å². The van der Waals surface area contributed by atoms with Gasteiger partial charge in [-0.15, -0.1) is 0 Å². The highest BCUT2D eigenvalue weighted by molar-refractivity contribution is 6.30.